The molecule has 0 N–H and O–H groups in total. The van der Waals surface area contributed by atoms with Crippen molar-refractivity contribution < 1.29 is 14.2 Å². The summed E-state index contributed by atoms with van der Waals surface area (Å²) >= 11 is 0. The van der Waals surface area contributed by atoms with Gasteiger partial charge in [0, 0.05) is 11.3 Å². The summed E-state index contributed by atoms with van der Waals surface area (Å²) in [5.41, 5.74) is 0.305. The van der Waals surface area contributed by atoms with Crippen LogP contribution in [0.3, 0.4) is 0 Å². The monoisotopic (exact) mass is 214 g/mol. The maximum absolute atomic E-state index is 6.03. The molecular formula is C12H22O3. The Morgan fingerprint density at radius 2 is 2.00 bits per heavy atom. The molecular weight excluding hydrogens is 192 g/mol. The van der Waals surface area contributed by atoms with Gasteiger partial charge in [0.25, 0.3) is 0 Å². The predicted octanol–water partition coefficient (Wildman–Crippen LogP) is 1.85. The lowest BCUT2D eigenvalue weighted by atomic mass is 9.76. The second-order valence-electron chi connectivity index (χ2n) is 4.84. The van der Waals surface area contributed by atoms with Gasteiger partial charge in [-0.05, 0) is 12.8 Å². The number of ether oxygens (including phenoxy) is 3. The summed E-state index contributed by atoms with van der Waals surface area (Å²) in [6.07, 6.45) is 2.62. The molecule has 1 unspecified atom stereocenters. The highest BCUT2D eigenvalue weighted by Crippen LogP contribution is 2.38. The SMILES string of the molecule is CCC(OCC1COC1)C1(CC)COC1. The van der Waals surface area contributed by atoms with Gasteiger partial charge in [0.1, 0.15) is 0 Å². The van der Waals surface area contributed by atoms with Gasteiger partial charge in [-0.25, -0.2) is 0 Å². The summed E-state index contributed by atoms with van der Waals surface area (Å²) in [7, 11) is 0. The molecule has 0 spiro atoms. The van der Waals surface area contributed by atoms with E-state index < -0.39 is 0 Å². The highest BCUT2D eigenvalue weighted by molar-refractivity contribution is 4.91. The van der Waals surface area contributed by atoms with Crippen molar-refractivity contribution in [1.82, 2.24) is 0 Å². The van der Waals surface area contributed by atoms with E-state index in [1.807, 2.05) is 0 Å². The summed E-state index contributed by atoms with van der Waals surface area (Å²) < 4.78 is 16.5. The molecule has 3 nitrogen and oxygen atoms in total. The Morgan fingerprint density at radius 1 is 1.27 bits per heavy atom. The van der Waals surface area contributed by atoms with Crippen molar-refractivity contribution in [2.24, 2.45) is 11.3 Å². The van der Waals surface area contributed by atoms with Crippen molar-refractivity contribution in [2.75, 3.05) is 33.0 Å². The number of hydrogen-bond donors (Lipinski definition) is 0. The fourth-order valence-corrected chi connectivity index (χ4v) is 2.34. The average molecular weight is 214 g/mol. The first-order valence-electron chi connectivity index (χ1n) is 6.08. The van der Waals surface area contributed by atoms with Crippen LogP contribution in [0.4, 0.5) is 0 Å². The lowest BCUT2D eigenvalue weighted by Crippen LogP contribution is -2.52. The van der Waals surface area contributed by atoms with Crippen molar-refractivity contribution in [3.63, 3.8) is 0 Å². The molecule has 2 aliphatic heterocycles. The van der Waals surface area contributed by atoms with E-state index in [0.29, 0.717) is 17.4 Å². The summed E-state index contributed by atoms with van der Waals surface area (Å²) in [6, 6.07) is 0. The van der Waals surface area contributed by atoms with Crippen molar-refractivity contribution in [2.45, 2.75) is 32.8 Å². The summed E-state index contributed by atoms with van der Waals surface area (Å²) in [5, 5.41) is 0. The fraction of sp³-hybridized carbons (Fsp3) is 1.00. The fourth-order valence-electron chi connectivity index (χ4n) is 2.34. The molecule has 15 heavy (non-hydrogen) atoms. The van der Waals surface area contributed by atoms with Gasteiger partial charge in [0.2, 0.25) is 0 Å². The Morgan fingerprint density at radius 3 is 2.33 bits per heavy atom. The summed E-state index contributed by atoms with van der Waals surface area (Å²) in [6.45, 7) is 8.82. The van der Waals surface area contributed by atoms with Crippen LogP contribution in [-0.4, -0.2) is 39.1 Å². The minimum Gasteiger partial charge on any atom is -0.381 e. The van der Waals surface area contributed by atoms with Gasteiger partial charge < -0.3 is 14.2 Å². The third kappa shape index (κ3) is 2.19. The maximum Gasteiger partial charge on any atom is 0.0673 e. The van der Waals surface area contributed by atoms with E-state index in [-0.39, 0.29) is 0 Å². The zero-order valence-electron chi connectivity index (χ0n) is 9.83. The van der Waals surface area contributed by atoms with Crippen LogP contribution in [0.1, 0.15) is 26.7 Å². The molecule has 0 aromatic rings. The highest BCUT2D eigenvalue weighted by Gasteiger charge is 2.44. The van der Waals surface area contributed by atoms with Crippen LogP contribution in [0.2, 0.25) is 0 Å². The normalized spacial score (nSPS) is 26.8. The van der Waals surface area contributed by atoms with E-state index in [0.717, 1.165) is 45.9 Å². The standard InChI is InChI=1S/C12H22O3/c1-3-11(12(4-2)8-14-9-12)15-7-10-5-13-6-10/h10-11H,3-9H2,1-2H3. The molecule has 0 aromatic carbocycles. The molecule has 2 saturated heterocycles. The molecule has 1 atom stereocenters. The zero-order valence-corrected chi connectivity index (χ0v) is 9.83. The second-order valence-corrected chi connectivity index (χ2v) is 4.84. The molecule has 2 aliphatic rings. The lowest BCUT2D eigenvalue weighted by Gasteiger charge is -2.46. The minimum absolute atomic E-state index is 0.305. The summed E-state index contributed by atoms with van der Waals surface area (Å²) in [4.78, 5) is 0. The van der Waals surface area contributed by atoms with Crippen molar-refractivity contribution in [3.05, 3.63) is 0 Å². The van der Waals surface area contributed by atoms with Gasteiger partial charge >= 0.3 is 0 Å². The molecule has 0 aliphatic carbocycles. The van der Waals surface area contributed by atoms with E-state index in [9.17, 15) is 0 Å². The van der Waals surface area contributed by atoms with Crippen LogP contribution in [0.5, 0.6) is 0 Å². The van der Waals surface area contributed by atoms with Crippen molar-refractivity contribution in [1.29, 1.82) is 0 Å². The average Bonchev–Trinajstić information content (AvgIpc) is 2.11. The Kier molecular flexibility index (Phi) is 3.65. The first-order valence-corrected chi connectivity index (χ1v) is 6.08. The highest BCUT2D eigenvalue weighted by atomic mass is 16.5. The van der Waals surface area contributed by atoms with Gasteiger partial charge in [0.15, 0.2) is 0 Å². The molecule has 0 amide bonds. The topological polar surface area (TPSA) is 27.7 Å². The van der Waals surface area contributed by atoms with E-state index in [4.69, 9.17) is 14.2 Å². The van der Waals surface area contributed by atoms with E-state index in [2.05, 4.69) is 13.8 Å². The van der Waals surface area contributed by atoms with E-state index >= 15 is 0 Å². The third-order valence-electron chi connectivity index (χ3n) is 3.78. The molecule has 2 rings (SSSR count). The molecule has 2 heterocycles. The van der Waals surface area contributed by atoms with Gasteiger partial charge in [0.05, 0.1) is 39.1 Å². The number of hydrogen-bond acceptors (Lipinski definition) is 3. The molecule has 0 bridgehead atoms. The predicted molar refractivity (Wildman–Crippen MR) is 57.9 cm³/mol. The molecule has 0 saturated carbocycles. The Balaban J connectivity index is 1.79. The summed E-state index contributed by atoms with van der Waals surface area (Å²) in [5.74, 6) is 0.633. The van der Waals surface area contributed by atoms with Crippen molar-refractivity contribution in [3.8, 4) is 0 Å². The first kappa shape index (κ1) is 11.4. The quantitative estimate of drug-likeness (QED) is 0.675. The van der Waals surface area contributed by atoms with Crippen LogP contribution in [0, 0.1) is 11.3 Å². The van der Waals surface area contributed by atoms with Gasteiger partial charge in [-0.3, -0.25) is 0 Å². The van der Waals surface area contributed by atoms with E-state index in [1.54, 1.807) is 0 Å². The van der Waals surface area contributed by atoms with Crippen LogP contribution in [0.25, 0.3) is 0 Å². The van der Waals surface area contributed by atoms with Crippen LogP contribution >= 0.6 is 0 Å². The Hall–Kier alpha value is -0.120. The van der Waals surface area contributed by atoms with Gasteiger partial charge in [-0.2, -0.15) is 0 Å². The largest absolute Gasteiger partial charge is 0.381 e. The van der Waals surface area contributed by atoms with Crippen LogP contribution in [-0.2, 0) is 14.2 Å². The Bertz CT molecular complexity index is 192. The maximum atomic E-state index is 6.03. The van der Waals surface area contributed by atoms with Crippen molar-refractivity contribution >= 4 is 0 Å². The molecule has 2 fully saturated rings. The number of rotatable bonds is 6. The lowest BCUT2D eigenvalue weighted by molar-refractivity contribution is -0.201. The molecule has 0 radical (unpaired) electrons. The smallest absolute Gasteiger partial charge is 0.0673 e. The second kappa shape index (κ2) is 4.81. The van der Waals surface area contributed by atoms with E-state index in [1.165, 1.54) is 0 Å². The Labute approximate surface area is 92.1 Å². The van der Waals surface area contributed by atoms with Gasteiger partial charge in [-0.1, -0.05) is 13.8 Å². The van der Waals surface area contributed by atoms with Crippen LogP contribution in [0.15, 0.2) is 0 Å². The molecule has 3 heteroatoms. The zero-order chi connectivity index (χ0) is 10.7. The molecule has 0 aromatic heterocycles. The minimum atomic E-state index is 0.305. The van der Waals surface area contributed by atoms with Gasteiger partial charge in [-0.15, -0.1) is 0 Å². The first-order chi connectivity index (χ1) is 7.30. The third-order valence-corrected chi connectivity index (χ3v) is 3.78. The van der Waals surface area contributed by atoms with Crippen LogP contribution < -0.4 is 0 Å². The molecule has 88 valence electrons.